The van der Waals surface area contributed by atoms with Crippen molar-refractivity contribution in [1.82, 2.24) is 10.6 Å². The van der Waals surface area contributed by atoms with E-state index in [2.05, 4.69) is 15.6 Å². The van der Waals surface area contributed by atoms with Gasteiger partial charge in [-0.15, -0.1) is 0 Å². The Bertz CT molecular complexity index is 1030. The van der Waals surface area contributed by atoms with Crippen molar-refractivity contribution in [3.05, 3.63) is 35.6 Å². The number of hydrogen-bond acceptors (Lipinski definition) is 7. The summed E-state index contributed by atoms with van der Waals surface area (Å²) in [6.07, 6.45) is 0.300. The van der Waals surface area contributed by atoms with Gasteiger partial charge in [0.05, 0.1) is 6.04 Å². The second-order valence-corrected chi connectivity index (χ2v) is 9.85. The van der Waals surface area contributed by atoms with E-state index in [4.69, 9.17) is 4.74 Å². The number of amides is 3. The molecule has 4 N–H and O–H groups in total. The molecule has 1 aliphatic rings. The predicted molar refractivity (Wildman–Crippen MR) is 119 cm³/mol. The van der Waals surface area contributed by atoms with Crippen LogP contribution in [0.25, 0.3) is 0 Å². The molecule has 1 aliphatic heterocycles. The maximum Gasteiger partial charge on any atom is 0.408 e. The van der Waals surface area contributed by atoms with Gasteiger partial charge in [0.25, 0.3) is 10.1 Å². The Hall–Kier alpha value is -2.90. The van der Waals surface area contributed by atoms with Crippen LogP contribution in [0.15, 0.2) is 29.3 Å². The lowest BCUT2D eigenvalue weighted by molar-refractivity contribution is -0.126. The van der Waals surface area contributed by atoms with Gasteiger partial charge in [-0.05, 0) is 31.2 Å². The first-order chi connectivity index (χ1) is 15.9. The Morgan fingerprint density at radius 3 is 2.50 bits per heavy atom. The molecule has 188 valence electrons. The molecule has 0 bridgehead atoms. The van der Waals surface area contributed by atoms with Gasteiger partial charge in [-0.25, -0.2) is 14.2 Å². The van der Waals surface area contributed by atoms with Crippen molar-refractivity contribution in [1.29, 1.82) is 0 Å². The highest BCUT2D eigenvalue weighted by Crippen LogP contribution is 2.20. The van der Waals surface area contributed by atoms with E-state index in [1.54, 1.807) is 19.9 Å². The fraction of sp³-hybridized carbons (Fsp3) is 0.524. The van der Waals surface area contributed by atoms with Crippen LogP contribution in [0.1, 0.15) is 38.7 Å². The van der Waals surface area contributed by atoms with Gasteiger partial charge < -0.3 is 20.5 Å². The average Bonchev–Trinajstić information content (AvgIpc) is 3.15. The van der Waals surface area contributed by atoms with E-state index in [1.165, 1.54) is 24.4 Å². The quantitative estimate of drug-likeness (QED) is 0.327. The second kappa shape index (κ2) is 12.0. The predicted octanol–water partition coefficient (Wildman–Crippen LogP) is 1.16. The zero-order chi connectivity index (χ0) is 25.5. The number of benzene rings is 1. The highest BCUT2D eigenvalue weighted by molar-refractivity contribution is 7.86. The molecule has 0 saturated heterocycles. The van der Waals surface area contributed by atoms with Crippen molar-refractivity contribution >= 4 is 34.2 Å². The smallest absolute Gasteiger partial charge is 0.408 e. The monoisotopic (exact) mass is 501 g/mol. The number of aliphatic imine (C=N–C) groups is 1. The Labute approximate surface area is 196 Å². The van der Waals surface area contributed by atoms with Crippen LogP contribution in [0, 0.1) is 17.7 Å². The van der Waals surface area contributed by atoms with Crippen LogP contribution in [-0.4, -0.2) is 59.7 Å². The van der Waals surface area contributed by atoms with E-state index in [0.717, 1.165) is 0 Å². The van der Waals surface area contributed by atoms with Crippen LogP contribution < -0.4 is 10.6 Å². The number of carbonyl (C=O) groups excluding carboxylic acids is 3. The van der Waals surface area contributed by atoms with Crippen molar-refractivity contribution in [2.24, 2.45) is 16.8 Å². The van der Waals surface area contributed by atoms with Crippen LogP contribution in [0.5, 0.6) is 0 Å². The maximum atomic E-state index is 13.7. The maximum absolute atomic E-state index is 13.7. The summed E-state index contributed by atoms with van der Waals surface area (Å²) in [7, 11) is -4.98. The van der Waals surface area contributed by atoms with Gasteiger partial charge in [0.1, 0.15) is 18.5 Å². The Balaban J connectivity index is 2.09. The summed E-state index contributed by atoms with van der Waals surface area (Å²) < 4.78 is 51.0. The lowest BCUT2D eigenvalue weighted by Crippen LogP contribution is -2.54. The SMILES string of the molecule is CC(C)C[C@H](NC(=O)OCc1ccccc1F)C(=O)N[C@@H](C[C@@H]1CC=NC1=O)[C@@H](O)S(=O)(=O)O. The molecule has 0 saturated carbocycles. The summed E-state index contributed by atoms with van der Waals surface area (Å²) in [4.78, 5) is 40.5. The molecule has 4 atom stereocenters. The van der Waals surface area contributed by atoms with Crippen LogP contribution in [0.4, 0.5) is 9.18 Å². The fourth-order valence-electron chi connectivity index (χ4n) is 3.36. The molecule has 34 heavy (non-hydrogen) atoms. The highest BCUT2D eigenvalue weighted by Gasteiger charge is 2.37. The molecule has 0 aliphatic carbocycles. The number of nitrogens with one attached hydrogen (secondary N) is 2. The molecule has 0 spiro atoms. The van der Waals surface area contributed by atoms with Crippen molar-refractivity contribution in [2.45, 2.75) is 57.2 Å². The lowest BCUT2D eigenvalue weighted by atomic mass is 9.97. The molecular weight excluding hydrogens is 473 g/mol. The number of alkyl carbamates (subject to hydrolysis) is 1. The number of nitrogens with zero attached hydrogens (tertiary/aromatic N) is 1. The minimum atomic E-state index is -4.98. The molecule has 1 aromatic rings. The van der Waals surface area contributed by atoms with Gasteiger partial charge in [-0.3, -0.25) is 14.1 Å². The molecule has 0 radical (unpaired) electrons. The van der Waals surface area contributed by atoms with Crippen molar-refractivity contribution in [2.75, 3.05) is 0 Å². The van der Waals surface area contributed by atoms with E-state index in [-0.39, 0.29) is 37.4 Å². The van der Waals surface area contributed by atoms with E-state index in [1.807, 2.05) is 0 Å². The van der Waals surface area contributed by atoms with Gasteiger partial charge in [0.2, 0.25) is 17.3 Å². The molecule has 0 fully saturated rings. The van der Waals surface area contributed by atoms with E-state index in [9.17, 15) is 36.9 Å². The first-order valence-corrected chi connectivity index (χ1v) is 12.1. The summed E-state index contributed by atoms with van der Waals surface area (Å²) >= 11 is 0. The zero-order valence-corrected chi connectivity index (χ0v) is 19.5. The number of hydrogen-bond donors (Lipinski definition) is 4. The van der Waals surface area contributed by atoms with Crippen molar-refractivity contribution in [3.8, 4) is 0 Å². The summed E-state index contributed by atoms with van der Waals surface area (Å²) in [5.74, 6) is -2.87. The minimum absolute atomic E-state index is 0.0997. The standard InChI is InChI=1S/C21H28FN3O8S/c1-12(2)9-16(25-21(29)33-11-14-5-3-4-6-15(14)22)19(27)24-17(20(28)34(30,31)32)10-13-7-8-23-18(13)26/h3-6,8,12-13,16-17,20,28H,7,9-11H2,1-2H3,(H,24,27)(H,25,29)(H,30,31,32)/t13-,16-,17-,20-/m0/s1. The van der Waals surface area contributed by atoms with E-state index >= 15 is 0 Å². The Kier molecular flexibility index (Phi) is 9.65. The average molecular weight is 502 g/mol. The number of aliphatic hydroxyl groups is 1. The van der Waals surface area contributed by atoms with Crippen LogP contribution in [0.2, 0.25) is 0 Å². The molecule has 2 rings (SSSR count). The van der Waals surface area contributed by atoms with Gasteiger partial charge in [0.15, 0.2) is 0 Å². The van der Waals surface area contributed by atoms with Crippen LogP contribution in [-0.2, 0) is 31.1 Å². The molecule has 0 unspecified atom stereocenters. The lowest BCUT2D eigenvalue weighted by Gasteiger charge is -2.27. The number of halogens is 1. The highest BCUT2D eigenvalue weighted by atomic mass is 32.2. The third-order valence-corrected chi connectivity index (χ3v) is 6.04. The number of rotatable bonds is 11. The normalized spacial score (nSPS) is 18.4. The molecule has 1 aromatic carbocycles. The summed E-state index contributed by atoms with van der Waals surface area (Å²) in [5, 5.41) is 14.7. The molecular formula is C21H28FN3O8S. The van der Waals surface area contributed by atoms with E-state index < -0.39 is 57.3 Å². The molecule has 3 amide bonds. The zero-order valence-electron chi connectivity index (χ0n) is 18.7. The third-order valence-electron chi connectivity index (χ3n) is 5.11. The summed E-state index contributed by atoms with van der Waals surface area (Å²) in [6.45, 7) is 3.15. The fourth-order valence-corrected chi connectivity index (χ4v) is 3.96. The topological polar surface area (TPSA) is 171 Å². The summed E-state index contributed by atoms with van der Waals surface area (Å²) in [6, 6.07) is 2.91. The van der Waals surface area contributed by atoms with Crippen molar-refractivity contribution in [3.63, 3.8) is 0 Å². The molecule has 11 nitrogen and oxygen atoms in total. The van der Waals surface area contributed by atoms with Crippen LogP contribution >= 0.6 is 0 Å². The number of aliphatic hydroxyl groups excluding tert-OH is 1. The van der Waals surface area contributed by atoms with Crippen molar-refractivity contribution < 1.29 is 41.6 Å². The largest absolute Gasteiger partial charge is 0.445 e. The molecule has 1 heterocycles. The number of ether oxygens (including phenoxy) is 1. The Morgan fingerprint density at radius 2 is 1.94 bits per heavy atom. The first-order valence-electron chi connectivity index (χ1n) is 10.6. The van der Waals surface area contributed by atoms with Gasteiger partial charge in [-0.1, -0.05) is 32.0 Å². The van der Waals surface area contributed by atoms with E-state index in [0.29, 0.717) is 0 Å². The molecule has 0 aromatic heterocycles. The van der Waals surface area contributed by atoms with Gasteiger partial charge in [0, 0.05) is 17.7 Å². The second-order valence-electron chi connectivity index (χ2n) is 8.33. The molecule has 13 heteroatoms. The van der Waals surface area contributed by atoms with Gasteiger partial charge in [-0.2, -0.15) is 8.42 Å². The third kappa shape index (κ3) is 8.15. The summed E-state index contributed by atoms with van der Waals surface area (Å²) in [5.41, 5.74) is -2.28. The van der Waals surface area contributed by atoms with Crippen LogP contribution in [0.3, 0.4) is 0 Å². The number of carbonyl (C=O) groups is 3. The van der Waals surface area contributed by atoms with Gasteiger partial charge >= 0.3 is 6.09 Å². The Morgan fingerprint density at radius 1 is 1.26 bits per heavy atom. The minimum Gasteiger partial charge on any atom is -0.445 e. The first kappa shape index (κ1) is 27.3.